The molecule has 7 atom stereocenters. The molecule has 4 aliphatic rings. The van der Waals surface area contributed by atoms with Crippen LogP contribution in [0.5, 0.6) is 0 Å². The molecule has 0 saturated heterocycles. The highest BCUT2D eigenvalue weighted by molar-refractivity contribution is 5.79. The van der Waals surface area contributed by atoms with Crippen molar-refractivity contribution in [2.75, 3.05) is 6.61 Å². The lowest BCUT2D eigenvalue weighted by atomic mass is 9.84. The van der Waals surface area contributed by atoms with Gasteiger partial charge in [-0.3, -0.25) is 4.79 Å². The number of carbonyl (C=O) groups excluding carboxylic acids is 2. The average Bonchev–Trinajstić information content (AvgIpc) is 3.24. The standard InChI is InChI=1S/C18H24O5/c1-18-5-4-10(8-18)6-14(18)23-15(19)9-22-17(21)13-7-11-2-3-12(13)16(11)20/h2-3,10-14,16,20H,4-9H2,1H3. The van der Waals surface area contributed by atoms with E-state index >= 15 is 0 Å². The van der Waals surface area contributed by atoms with Crippen LogP contribution in [0.2, 0.25) is 0 Å². The molecule has 0 aromatic carbocycles. The Morgan fingerprint density at radius 3 is 2.70 bits per heavy atom. The molecule has 5 heteroatoms. The third kappa shape index (κ3) is 2.49. The van der Waals surface area contributed by atoms with Gasteiger partial charge in [0.15, 0.2) is 6.61 Å². The highest BCUT2D eigenvalue weighted by Gasteiger charge is 2.51. The molecule has 0 radical (unpaired) electrons. The Morgan fingerprint density at radius 1 is 1.30 bits per heavy atom. The third-order valence-electron chi connectivity index (χ3n) is 6.52. The van der Waals surface area contributed by atoms with Crippen molar-refractivity contribution in [1.82, 2.24) is 0 Å². The van der Waals surface area contributed by atoms with E-state index in [0.717, 1.165) is 19.3 Å². The van der Waals surface area contributed by atoms with E-state index in [1.165, 1.54) is 6.42 Å². The maximum atomic E-state index is 12.1. The zero-order valence-electron chi connectivity index (χ0n) is 13.4. The minimum Gasteiger partial charge on any atom is -0.459 e. The maximum absolute atomic E-state index is 12.1. The van der Waals surface area contributed by atoms with E-state index in [-0.39, 0.29) is 35.9 Å². The zero-order chi connectivity index (χ0) is 16.2. The van der Waals surface area contributed by atoms with Crippen LogP contribution in [0.3, 0.4) is 0 Å². The van der Waals surface area contributed by atoms with Crippen LogP contribution in [0.25, 0.3) is 0 Å². The van der Waals surface area contributed by atoms with Crippen molar-refractivity contribution in [2.45, 2.75) is 51.2 Å². The van der Waals surface area contributed by atoms with E-state index in [1.54, 1.807) is 0 Å². The second kappa shape index (κ2) is 5.33. The van der Waals surface area contributed by atoms with Gasteiger partial charge < -0.3 is 14.6 Å². The van der Waals surface area contributed by atoms with Crippen LogP contribution < -0.4 is 0 Å². The smallest absolute Gasteiger partial charge is 0.344 e. The van der Waals surface area contributed by atoms with Crippen molar-refractivity contribution >= 4 is 11.9 Å². The fraction of sp³-hybridized carbons (Fsp3) is 0.778. The number of fused-ring (bicyclic) bond motifs is 4. The van der Waals surface area contributed by atoms with Crippen molar-refractivity contribution in [3.05, 3.63) is 12.2 Å². The van der Waals surface area contributed by atoms with Gasteiger partial charge in [0, 0.05) is 17.3 Å². The van der Waals surface area contributed by atoms with E-state index in [9.17, 15) is 14.7 Å². The molecule has 4 rings (SSSR count). The Morgan fingerprint density at radius 2 is 2.13 bits per heavy atom. The third-order valence-corrected chi connectivity index (χ3v) is 6.52. The highest BCUT2D eigenvalue weighted by Crippen LogP contribution is 2.55. The molecular weight excluding hydrogens is 296 g/mol. The van der Waals surface area contributed by atoms with Gasteiger partial charge in [-0.25, -0.2) is 4.79 Å². The summed E-state index contributed by atoms with van der Waals surface area (Å²) in [6, 6.07) is 0. The SMILES string of the molecule is CC12CCC(CC1OC(=O)COC(=O)C1CC3C=CC1C3O)C2. The molecule has 0 amide bonds. The number of esters is 2. The normalized spacial score (nSPS) is 46.3. The first-order valence-corrected chi connectivity index (χ1v) is 8.69. The molecule has 0 aromatic heterocycles. The monoisotopic (exact) mass is 320 g/mol. The number of hydrogen-bond donors (Lipinski definition) is 1. The van der Waals surface area contributed by atoms with Crippen molar-refractivity contribution in [3.8, 4) is 0 Å². The summed E-state index contributed by atoms with van der Waals surface area (Å²) in [5.74, 6) is -0.588. The number of carbonyl (C=O) groups is 2. The number of hydrogen-bond acceptors (Lipinski definition) is 5. The summed E-state index contributed by atoms with van der Waals surface area (Å²) < 4.78 is 10.7. The van der Waals surface area contributed by atoms with Crippen molar-refractivity contribution < 1.29 is 24.2 Å². The first-order valence-electron chi connectivity index (χ1n) is 8.69. The molecule has 3 saturated carbocycles. The second-order valence-electron chi connectivity index (χ2n) is 8.04. The lowest BCUT2D eigenvalue weighted by Gasteiger charge is -2.30. The summed E-state index contributed by atoms with van der Waals surface area (Å²) in [5, 5.41) is 9.94. The lowest BCUT2D eigenvalue weighted by Crippen LogP contribution is -2.34. The molecule has 7 unspecified atom stereocenters. The molecule has 4 aliphatic carbocycles. The van der Waals surface area contributed by atoms with Gasteiger partial charge in [0.2, 0.25) is 0 Å². The molecule has 4 bridgehead atoms. The topological polar surface area (TPSA) is 72.8 Å². The van der Waals surface area contributed by atoms with E-state index < -0.39 is 18.0 Å². The minimum absolute atomic E-state index is 0.0281. The minimum atomic E-state index is -0.478. The van der Waals surface area contributed by atoms with E-state index in [0.29, 0.717) is 12.3 Å². The Balaban J connectivity index is 1.26. The summed E-state index contributed by atoms with van der Waals surface area (Å²) in [6.07, 6.45) is 8.39. The quantitative estimate of drug-likeness (QED) is 0.632. The maximum Gasteiger partial charge on any atom is 0.344 e. The fourth-order valence-corrected chi connectivity index (χ4v) is 5.18. The molecule has 5 nitrogen and oxygen atoms in total. The molecule has 23 heavy (non-hydrogen) atoms. The number of ether oxygens (including phenoxy) is 2. The van der Waals surface area contributed by atoms with Crippen molar-refractivity contribution in [3.63, 3.8) is 0 Å². The molecule has 126 valence electrons. The number of aliphatic hydroxyl groups excluding tert-OH is 1. The van der Waals surface area contributed by atoms with Gasteiger partial charge in [0.1, 0.15) is 6.10 Å². The molecule has 3 fully saturated rings. The van der Waals surface area contributed by atoms with Gasteiger partial charge in [-0.15, -0.1) is 0 Å². The van der Waals surface area contributed by atoms with E-state index in [2.05, 4.69) is 6.92 Å². The van der Waals surface area contributed by atoms with Gasteiger partial charge in [0.25, 0.3) is 0 Å². The first-order chi connectivity index (χ1) is 11.0. The Kier molecular flexibility index (Phi) is 3.52. The van der Waals surface area contributed by atoms with Gasteiger partial charge in [-0.1, -0.05) is 19.1 Å². The Labute approximate surface area is 136 Å². The van der Waals surface area contributed by atoms with Gasteiger partial charge in [-0.2, -0.15) is 0 Å². The summed E-state index contributed by atoms with van der Waals surface area (Å²) in [7, 11) is 0. The van der Waals surface area contributed by atoms with Crippen LogP contribution in [-0.2, 0) is 19.1 Å². The van der Waals surface area contributed by atoms with Gasteiger partial charge in [0.05, 0.1) is 12.0 Å². The van der Waals surface area contributed by atoms with E-state index in [4.69, 9.17) is 9.47 Å². The van der Waals surface area contributed by atoms with Gasteiger partial charge in [-0.05, 0) is 38.0 Å². The van der Waals surface area contributed by atoms with Crippen LogP contribution >= 0.6 is 0 Å². The summed E-state index contributed by atoms with van der Waals surface area (Å²) >= 11 is 0. The second-order valence-corrected chi connectivity index (χ2v) is 8.04. The number of rotatable bonds is 4. The largest absolute Gasteiger partial charge is 0.459 e. The summed E-state index contributed by atoms with van der Waals surface area (Å²) in [5.41, 5.74) is 0.115. The summed E-state index contributed by atoms with van der Waals surface area (Å²) in [4.78, 5) is 24.1. The molecular formula is C18H24O5. The average molecular weight is 320 g/mol. The molecule has 0 heterocycles. The Bertz CT molecular complexity index is 556. The molecule has 0 aliphatic heterocycles. The van der Waals surface area contributed by atoms with Crippen LogP contribution in [0, 0.1) is 29.1 Å². The van der Waals surface area contributed by atoms with Crippen LogP contribution in [-0.4, -0.2) is 35.9 Å². The molecule has 0 aromatic rings. The Hall–Kier alpha value is -1.36. The van der Waals surface area contributed by atoms with Crippen molar-refractivity contribution in [1.29, 1.82) is 0 Å². The first kappa shape index (κ1) is 15.2. The van der Waals surface area contributed by atoms with Crippen LogP contribution in [0.1, 0.15) is 39.0 Å². The van der Waals surface area contributed by atoms with Crippen molar-refractivity contribution in [2.24, 2.45) is 29.1 Å². The zero-order valence-corrected chi connectivity index (χ0v) is 13.4. The number of aliphatic hydroxyl groups is 1. The predicted molar refractivity (Wildman–Crippen MR) is 81.1 cm³/mol. The summed E-state index contributed by atoms with van der Waals surface area (Å²) in [6.45, 7) is 1.87. The highest BCUT2D eigenvalue weighted by atomic mass is 16.6. The van der Waals surface area contributed by atoms with Crippen LogP contribution in [0.4, 0.5) is 0 Å². The fourth-order valence-electron chi connectivity index (χ4n) is 5.18. The van der Waals surface area contributed by atoms with Gasteiger partial charge >= 0.3 is 11.9 Å². The van der Waals surface area contributed by atoms with E-state index in [1.807, 2.05) is 12.2 Å². The molecule has 1 N–H and O–H groups in total. The van der Waals surface area contributed by atoms with Crippen LogP contribution in [0.15, 0.2) is 12.2 Å². The molecule has 0 spiro atoms. The lowest BCUT2D eigenvalue weighted by molar-refractivity contribution is -0.168. The predicted octanol–water partition coefficient (Wildman–Crippen LogP) is 1.83.